The third kappa shape index (κ3) is 3.75. The fraction of sp³-hybridized carbons (Fsp3) is 0.200. The molecule has 0 fully saturated rings. The minimum atomic E-state index is -0.233. The minimum absolute atomic E-state index is 0.233. The highest BCUT2D eigenvalue weighted by Gasteiger charge is 2.16. The van der Waals surface area contributed by atoms with E-state index in [4.69, 9.17) is 23.2 Å². The molecule has 1 amide bonds. The number of aryl methyl sites for hydroxylation is 1. The summed E-state index contributed by atoms with van der Waals surface area (Å²) in [6.07, 6.45) is 2.99. The average Bonchev–Trinajstić information content (AvgIpc) is 3.20. The number of benzene rings is 1. The number of anilines is 1. The Morgan fingerprint density at radius 3 is 2.96 bits per heavy atom. The van der Waals surface area contributed by atoms with Crippen molar-refractivity contribution < 1.29 is 4.79 Å². The molecule has 0 aliphatic carbocycles. The molecule has 24 heavy (non-hydrogen) atoms. The van der Waals surface area contributed by atoms with Gasteiger partial charge in [0.2, 0.25) is 0 Å². The lowest BCUT2D eigenvalue weighted by Gasteiger charge is -2.03. The van der Waals surface area contributed by atoms with E-state index in [1.165, 1.54) is 11.3 Å². The van der Waals surface area contributed by atoms with Gasteiger partial charge in [-0.2, -0.15) is 0 Å². The Morgan fingerprint density at radius 1 is 1.33 bits per heavy atom. The lowest BCUT2D eigenvalue weighted by molar-refractivity contribution is 0.102. The van der Waals surface area contributed by atoms with Gasteiger partial charge >= 0.3 is 0 Å². The molecule has 1 N–H and O–H groups in total. The topological polar surface area (TPSA) is 67.8 Å². The van der Waals surface area contributed by atoms with Crippen molar-refractivity contribution in [3.63, 3.8) is 0 Å². The van der Waals surface area contributed by atoms with Crippen molar-refractivity contribution in [3.05, 3.63) is 55.5 Å². The summed E-state index contributed by atoms with van der Waals surface area (Å²) in [5.74, 6) is -0.233. The van der Waals surface area contributed by atoms with Crippen LogP contribution in [0.25, 0.3) is 0 Å². The van der Waals surface area contributed by atoms with E-state index in [-0.39, 0.29) is 5.91 Å². The Bertz CT molecular complexity index is 878. The molecule has 0 aliphatic heterocycles. The summed E-state index contributed by atoms with van der Waals surface area (Å²) >= 11 is 14.7. The van der Waals surface area contributed by atoms with E-state index in [0.717, 1.165) is 22.0 Å². The third-order valence-electron chi connectivity index (χ3n) is 3.27. The Hall–Kier alpha value is -1.54. The molecule has 9 heteroatoms. The van der Waals surface area contributed by atoms with Crippen molar-refractivity contribution in [2.24, 2.45) is 0 Å². The van der Waals surface area contributed by atoms with Crippen LogP contribution in [0.3, 0.4) is 0 Å². The Kier molecular flexibility index (Phi) is 5.45. The number of rotatable bonds is 5. The first-order chi connectivity index (χ1) is 11.6. The second-order valence-electron chi connectivity index (χ2n) is 4.88. The highest BCUT2D eigenvalue weighted by atomic mass is 35.5. The standard InChI is InChI=1S/C15H12Cl2N4OS2/c1-2-11-13(24-21-20-11)14(22)19-15-18-7-9(23-15)6-8-4-3-5-10(16)12(8)17/h3-5,7H,2,6H2,1H3,(H,18,19,22). The van der Waals surface area contributed by atoms with Crippen LogP contribution in [0.15, 0.2) is 24.4 Å². The van der Waals surface area contributed by atoms with E-state index in [0.29, 0.717) is 38.6 Å². The van der Waals surface area contributed by atoms with Crippen LogP contribution >= 0.6 is 46.1 Å². The predicted octanol–water partition coefficient (Wildman–Crippen LogP) is 4.71. The normalized spacial score (nSPS) is 10.8. The fourth-order valence-corrected chi connectivity index (χ4v) is 3.95. The maximum Gasteiger partial charge on any atom is 0.271 e. The van der Waals surface area contributed by atoms with Gasteiger partial charge in [0.1, 0.15) is 4.88 Å². The number of nitrogens with zero attached hydrogens (tertiary/aromatic N) is 3. The quantitative estimate of drug-likeness (QED) is 0.675. The molecule has 0 unspecified atom stereocenters. The van der Waals surface area contributed by atoms with Gasteiger partial charge in [-0.1, -0.05) is 46.7 Å². The monoisotopic (exact) mass is 398 g/mol. The van der Waals surface area contributed by atoms with E-state index in [2.05, 4.69) is 19.9 Å². The van der Waals surface area contributed by atoms with Gasteiger partial charge in [-0.05, 0) is 29.6 Å². The summed E-state index contributed by atoms with van der Waals surface area (Å²) in [5, 5.41) is 8.33. The second-order valence-corrected chi connectivity index (χ2v) is 7.53. The molecule has 2 heterocycles. The van der Waals surface area contributed by atoms with Crippen molar-refractivity contribution in [2.45, 2.75) is 19.8 Å². The number of aromatic nitrogens is 3. The molecule has 0 spiro atoms. The highest BCUT2D eigenvalue weighted by molar-refractivity contribution is 7.16. The number of nitrogens with one attached hydrogen (secondary N) is 1. The van der Waals surface area contributed by atoms with E-state index in [1.54, 1.807) is 12.3 Å². The van der Waals surface area contributed by atoms with Crippen molar-refractivity contribution in [1.82, 2.24) is 14.6 Å². The molecule has 1 aromatic carbocycles. The van der Waals surface area contributed by atoms with Crippen LogP contribution in [0.2, 0.25) is 10.0 Å². The van der Waals surface area contributed by atoms with Crippen molar-refractivity contribution in [1.29, 1.82) is 0 Å². The first-order valence-electron chi connectivity index (χ1n) is 7.08. The molecule has 0 bridgehead atoms. The molecular weight excluding hydrogens is 387 g/mol. The number of carbonyl (C=O) groups excluding carboxylic acids is 1. The number of hydrogen-bond donors (Lipinski definition) is 1. The van der Waals surface area contributed by atoms with Crippen LogP contribution in [0.1, 0.15) is 32.7 Å². The largest absolute Gasteiger partial charge is 0.297 e. The number of thiazole rings is 1. The lowest BCUT2D eigenvalue weighted by Crippen LogP contribution is -2.11. The van der Waals surface area contributed by atoms with E-state index < -0.39 is 0 Å². The Labute approximate surface area is 156 Å². The molecule has 5 nitrogen and oxygen atoms in total. The van der Waals surface area contributed by atoms with Crippen LogP contribution < -0.4 is 5.32 Å². The van der Waals surface area contributed by atoms with E-state index in [9.17, 15) is 4.79 Å². The van der Waals surface area contributed by atoms with Gasteiger partial charge in [0.15, 0.2) is 5.13 Å². The van der Waals surface area contributed by atoms with Crippen LogP contribution in [-0.2, 0) is 12.8 Å². The summed E-state index contributed by atoms with van der Waals surface area (Å²) in [6.45, 7) is 1.93. The predicted molar refractivity (Wildman–Crippen MR) is 98.6 cm³/mol. The maximum absolute atomic E-state index is 12.3. The SMILES string of the molecule is CCc1nnsc1C(=O)Nc1ncc(Cc2cccc(Cl)c2Cl)s1. The first-order valence-corrected chi connectivity index (χ1v) is 9.43. The lowest BCUT2D eigenvalue weighted by atomic mass is 10.1. The van der Waals surface area contributed by atoms with Crippen molar-refractivity contribution >= 4 is 57.1 Å². The molecule has 3 aromatic rings. The number of hydrogen-bond acceptors (Lipinski definition) is 6. The molecule has 124 valence electrons. The zero-order valence-corrected chi connectivity index (χ0v) is 15.7. The molecule has 0 atom stereocenters. The summed E-state index contributed by atoms with van der Waals surface area (Å²) in [7, 11) is 0. The average molecular weight is 399 g/mol. The molecule has 2 aromatic heterocycles. The van der Waals surface area contributed by atoms with Crippen LogP contribution in [-0.4, -0.2) is 20.5 Å². The number of amides is 1. The Balaban J connectivity index is 1.72. The van der Waals surface area contributed by atoms with E-state index in [1.807, 2.05) is 19.1 Å². The highest BCUT2D eigenvalue weighted by Crippen LogP contribution is 2.29. The molecular formula is C15H12Cl2N4OS2. The van der Waals surface area contributed by atoms with Crippen molar-refractivity contribution in [2.75, 3.05) is 5.32 Å². The molecule has 0 saturated heterocycles. The number of carbonyl (C=O) groups is 1. The second kappa shape index (κ2) is 7.57. The zero-order chi connectivity index (χ0) is 17.1. The van der Waals surface area contributed by atoms with E-state index >= 15 is 0 Å². The molecule has 3 rings (SSSR count). The first kappa shape index (κ1) is 17.3. The smallest absolute Gasteiger partial charge is 0.271 e. The van der Waals surface area contributed by atoms with Gasteiger partial charge in [0.25, 0.3) is 5.91 Å². The van der Waals surface area contributed by atoms with Gasteiger partial charge < -0.3 is 0 Å². The zero-order valence-electron chi connectivity index (χ0n) is 12.5. The van der Waals surface area contributed by atoms with Gasteiger partial charge in [0, 0.05) is 17.5 Å². The van der Waals surface area contributed by atoms with Crippen LogP contribution in [0.4, 0.5) is 5.13 Å². The maximum atomic E-state index is 12.3. The number of halogens is 2. The van der Waals surface area contributed by atoms with Gasteiger partial charge in [-0.25, -0.2) is 4.98 Å². The summed E-state index contributed by atoms with van der Waals surface area (Å²) in [5.41, 5.74) is 1.62. The minimum Gasteiger partial charge on any atom is -0.297 e. The Morgan fingerprint density at radius 2 is 2.17 bits per heavy atom. The summed E-state index contributed by atoms with van der Waals surface area (Å²) in [6, 6.07) is 5.53. The molecule has 0 aliphatic rings. The molecule has 0 radical (unpaired) electrons. The van der Waals surface area contributed by atoms with Gasteiger partial charge in [-0.15, -0.1) is 16.4 Å². The fourth-order valence-electron chi connectivity index (χ4n) is 2.09. The van der Waals surface area contributed by atoms with Crippen LogP contribution in [0.5, 0.6) is 0 Å². The molecule has 0 saturated carbocycles. The summed E-state index contributed by atoms with van der Waals surface area (Å²) < 4.78 is 3.82. The van der Waals surface area contributed by atoms with Gasteiger partial charge in [-0.3, -0.25) is 10.1 Å². The summed E-state index contributed by atoms with van der Waals surface area (Å²) in [4.78, 5) is 18.0. The third-order valence-corrected chi connectivity index (χ3v) is 5.80. The van der Waals surface area contributed by atoms with Crippen LogP contribution in [0, 0.1) is 0 Å². The van der Waals surface area contributed by atoms with Crippen molar-refractivity contribution in [3.8, 4) is 0 Å². The van der Waals surface area contributed by atoms with Gasteiger partial charge in [0.05, 0.1) is 15.7 Å².